The summed E-state index contributed by atoms with van der Waals surface area (Å²) in [4.78, 5) is 12.2. The molecule has 0 unspecified atom stereocenters. The first-order valence-corrected chi connectivity index (χ1v) is 7.47. The maximum Gasteiger partial charge on any atom is 0.180 e. The summed E-state index contributed by atoms with van der Waals surface area (Å²) < 4.78 is 5.33. The SMILES string of the molecule is Nc1nc(-c2cnc(CN3CCOCC3)s2)cs1. The normalized spacial score (nSPS) is 17.1. The van der Waals surface area contributed by atoms with Gasteiger partial charge < -0.3 is 10.5 Å². The molecule has 0 amide bonds. The van der Waals surface area contributed by atoms with Crippen molar-refractivity contribution in [1.82, 2.24) is 14.9 Å². The number of morpholine rings is 1. The van der Waals surface area contributed by atoms with Crippen LogP contribution in [0.25, 0.3) is 10.6 Å². The van der Waals surface area contributed by atoms with Gasteiger partial charge in [-0.15, -0.1) is 22.7 Å². The zero-order valence-corrected chi connectivity index (χ0v) is 11.5. The zero-order chi connectivity index (χ0) is 12.4. The Hall–Kier alpha value is -1.02. The van der Waals surface area contributed by atoms with Crippen molar-refractivity contribution in [1.29, 1.82) is 0 Å². The molecule has 1 aliphatic rings. The van der Waals surface area contributed by atoms with Gasteiger partial charge in [-0.3, -0.25) is 4.90 Å². The van der Waals surface area contributed by atoms with Gasteiger partial charge in [0.05, 0.1) is 30.3 Å². The van der Waals surface area contributed by atoms with Crippen molar-refractivity contribution < 1.29 is 4.74 Å². The molecule has 0 atom stereocenters. The molecule has 2 N–H and O–H groups in total. The van der Waals surface area contributed by atoms with E-state index in [9.17, 15) is 0 Å². The standard InChI is InChI=1S/C11H14N4OS2/c12-11-14-8(7-17-11)9-5-13-10(18-9)6-15-1-3-16-4-2-15/h5,7H,1-4,6H2,(H2,12,14). The average molecular weight is 282 g/mol. The van der Waals surface area contributed by atoms with Crippen LogP contribution < -0.4 is 5.73 Å². The largest absolute Gasteiger partial charge is 0.379 e. The number of nitrogens with zero attached hydrogens (tertiary/aromatic N) is 3. The molecule has 0 saturated carbocycles. The van der Waals surface area contributed by atoms with Crippen LogP contribution in [0.1, 0.15) is 5.01 Å². The van der Waals surface area contributed by atoms with E-state index in [-0.39, 0.29) is 0 Å². The fraction of sp³-hybridized carbons (Fsp3) is 0.455. The number of thiazole rings is 2. The monoisotopic (exact) mass is 282 g/mol. The second-order valence-electron chi connectivity index (χ2n) is 4.08. The van der Waals surface area contributed by atoms with Crippen LogP contribution in [0.4, 0.5) is 5.13 Å². The van der Waals surface area contributed by atoms with E-state index in [1.807, 2.05) is 11.6 Å². The molecule has 1 saturated heterocycles. The molecule has 96 valence electrons. The van der Waals surface area contributed by atoms with Crippen LogP contribution in [-0.4, -0.2) is 41.2 Å². The highest BCUT2D eigenvalue weighted by atomic mass is 32.1. The smallest absolute Gasteiger partial charge is 0.180 e. The molecule has 0 aromatic carbocycles. The van der Waals surface area contributed by atoms with Gasteiger partial charge >= 0.3 is 0 Å². The van der Waals surface area contributed by atoms with E-state index >= 15 is 0 Å². The zero-order valence-electron chi connectivity index (χ0n) is 9.83. The Morgan fingerprint density at radius 2 is 2.22 bits per heavy atom. The van der Waals surface area contributed by atoms with Crippen molar-refractivity contribution in [2.75, 3.05) is 32.0 Å². The van der Waals surface area contributed by atoms with Crippen molar-refractivity contribution in [3.05, 3.63) is 16.6 Å². The van der Waals surface area contributed by atoms with Crippen LogP contribution in [0, 0.1) is 0 Å². The first-order chi connectivity index (χ1) is 8.81. The minimum atomic E-state index is 0.605. The van der Waals surface area contributed by atoms with E-state index in [2.05, 4.69) is 14.9 Å². The van der Waals surface area contributed by atoms with Crippen molar-refractivity contribution in [3.63, 3.8) is 0 Å². The third-order valence-electron chi connectivity index (χ3n) is 2.79. The molecule has 1 fully saturated rings. The number of nitrogen functional groups attached to an aromatic ring is 1. The Morgan fingerprint density at radius 3 is 2.94 bits per heavy atom. The van der Waals surface area contributed by atoms with E-state index in [1.165, 1.54) is 11.3 Å². The van der Waals surface area contributed by atoms with Crippen LogP contribution in [0.15, 0.2) is 11.6 Å². The third-order valence-corrected chi connectivity index (χ3v) is 4.47. The predicted molar refractivity (Wildman–Crippen MR) is 73.7 cm³/mol. The molecule has 0 radical (unpaired) electrons. The molecule has 0 spiro atoms. The van der Waals surface area contributed by atoms with Crippen LogP contribution in [0.2, 0.25) is 0 Å². The topological polar surface area (TPSA) is 64.3 Å². The fourth-order valence-electron chi connectivity index (χ4n) is 1.85. The summed E-state index contributed by atoms with van der Waals surface area (Å²) in [6, 6.07) is 0. The molecule has 2 aromatic rings. The summed E-state index contributed by atoms with van der Waals surface area (Å²) in [6.45, 7) is 4.51. The maximum atomic E-state index is 5.64. The highest BCUT2D eigenvalue weighted by molar-refractivity contribution is 7.16. The van der Waals surface area contributed by atoms with Crippen molar-refractivity contribution in [2.45, 2.75) is 6.54 Å². The van der Waals surface area contributed by atoms with Crippen LogP contribution >= 0.6 is 22.7 Å². The van der Waals surface area contributed by atoms with Gasteiger partial charge in [0, 0.05) is 24.7 Å². The van der Waals surface area contributed by atoms with Crippen molar-refractivity contribution >= 4 is 27.8 Å². The van der Waals surface area contributed by atoms with Gasteiger partial charge in [0.2, 0.25) is 0 Å². The molecule has 3 heterocycles. The minimum absolute atomic E-state index is 0.605. The number of anilines is 1. The quantitative estimate of drug-likeness (QED) is 0.928. The van der Waals surface area contributed by atoms with E-state index in [0.717, 1.165) is 48.4 Å². The predicted octanol–water partition coefficient (Wildman–Crippen LogP) is 1.68. The van der Waals surface area contributed by atoms with Crippen molar-refractivity contribution in [3.8, 4) is 10.6 Å². The number of hydrogen-bond acceptors (Lipinski definition) is 7. The lowest BCUT2D eigenvalue weighted by molar-refractivity contribution is 0.0341. The lowest BCUT2D eigenvalue weighted by Crippen LogP contribution is -2.35. The Morgan fingerprint density at radius 1 is 1.39 bits per heavy atom. The minimum Gasteiger partial charge on any atom is -0.379 e. The van der Waals surface area contributed by atoms with E-state index in [0.29, 0.717) is 5.13 Å². The molecular formula is C11H14N4OS2. The van der Waals surface area contributed by atoms with E-state index in [1.54, 1.807) is 11.3 Å². The molecule has 0 bridgehead atoms. The van der Waals surface area contributed by atoms with E-state index in [4.69, 9.17) is 10.5 Å². The first kappa shape index (κ1) is 12.0. The third kappa shape index (κ3) is 2.69. The second kappa shape index (κ2) is 5.31. The second-order valence-corrected chi connectivity index (χ2v) is 6.08. The van der Waals surface area contributed by atoms with Gasteiger partial charge in [-0.05, 0) is 0 Å². The Bertz CT molecular complexity index is 519. The first-order valence-electron chi connectivity index (χ1n) is 5.77. The van der Waals surface area contributed by atoms with Gasteiger partial charge in [-0.1, -0.05) is 0 Å². The number of nitrogens with two attached hydrogens (primary N) is 1. The maximum absolute atomic E-state index is 5.64. The lowest BCUT2D eigenvalue weighted by Gasteiger charge is -2.25. The number of rotatable bonds is 3. The summed E-state index contributed by atoms with van der Waals surface area (Å²) in [7, 11) is 0. The van der Waals surface area contributed by atoms with Gasteiger partial charge in [0.25, 0.3) is 0 Å². The van der Waals surface area contributed by atoms with Crippen molar-refractivity contribution in [2.24, 2.45) is 0 Å². The van der Waals surface area contributed by atoms with Crippen LogP contribution in [-0.2, 0) is 11.3 Å². The highest BCUT2D eigenvalue weighted by Gasteiger charge is 2.14. The number of ether oxygens (including phenoxy) is 1. The van der Waals surface area contributed by atoms with Gasteiger partial charge in [0.15, 0.2) is 5.13 Å². The molecule has 5 nitrogen and oxygen atoms in total. The number of hydrogen-bond donors (Lipinski definition) is 1. The molecule has 18 heavy (non-hydrogen) atoms. The van der Waals surface area contributed by atoms with Crippen LogP contribution in [0.5, 0.6) is 0 Å². The lowest BCUT2D eigenvalue weighted by atomic mass is 10.4. The van der Waals surface area contributed by atoms with Gasteiger partial charge in [-0.2, -0.15) is 0 Å². The average Bonchev–Trinajstić information content (AvgIpc) is 2.99. The summed E-state index contributed by atoms with van der Waals surface area (Å²) >= 11 is 3.15. The Labute approximate surface area is 113 Å². The fourth-order valence-corrected chi connectivity index (χ4v) is 3.41. The summed E-state index contributed by atoms with van der Waals surface area (Å²) in [5.74, 6) is 0. The summed E-state index contributed by atoms with van der Waals surface area (Å²) in [6.07, 6.45) is 1.88. The van der Waals surface area contributed by atoms with Crippen LogP contribution in [0.3, 0.4) is 0 Å². The molecule has 3 rings (SSSR count). The summed E-state index contributed by atoms with van der Waals surface area (Å²) in [5.41, 5.74) is 6.58. The van der Waals surface area contributed by atoms with Gasteiger partial charge in [-0.25, -0.2) is 9.97 Å². The molecule has 2 aromatic heterocycles. The highest BCUT2D eigenvalue weighted by Crippen LogP contribution is 2.28. The van der Waals surface area contributed by atoms with E-state index < -0.39 is 0 Å². The van der Waals surface area contributed by atoms with Gasteiger partial charge in [0.1, 0.15) is 5.01 Å². The molecule has 0 aliphatic carbocycles. The number of aromatic nitrogens is 2. The molecular weight excluding hydrogens is 268 g/mol. The molecule has 7 heteroatoms. The Balaban J connectivity index is 1.69. The Kier molecular flexibility index (Phi) is 3.55. The molecule has 1 aliphatic heterocycles. The summed E-state index contributed by atoms with van der Waals surface area (Å²) in [5, 5.41) is 3.70.